The van der Waals surface area contributed by atoms with Crippen LogP contribution < -0.4 is 16.8 Å². The molecular weight excluding hydrogens is 218 g/mol. The Kier molecular flexibility index (Phi) is 4.26. The molecule has 1 aromatic carbocycles. The second-order valence-corrected chi connectivity index (χ2v) is 3.41. The lowest BCUT2D eigenvalue weighted by atomic mass is 10.1. The minimum Gasteiger partial charge on any atom is -0.366 e. The van der Waals surface area contributed by atoms with Crippen LogP contribution in [0.2, 0.25) is 0 Å². The highest BCUT2D eigenvalue weighted by atomic mass is 16.2. The van der Waals surface area contributed by atoms with Crippen LogP contribution in [0.1, 0.15) is 16.8 Å². The van der Waals surface area contributed by atoms with Gasteiger partial charge in [0.25, 0.3) is 5.91 Å². The van der Waals surface area contributed by atoms with Crippen molar-refractivity contribution >= 4 is 17.5 Å². The molecule has 0 saturated carbocycles. The zero-order valence-corrected chi connectivity index (χ0v) is 9.14. The number of carbonyl (C=O) groups is 2. The van der Waals surface area contributed by atoms with Crippen molar-refractivity contribution in [2.75, 3.05) is 5.32 Å². The summed E-state index contributed by atoms with van der Waals surface area (Å²) in [4.78, 5) is 22.7. The number of anilines is 1. The molecule has 1 unspecified atom stereocenters. The minimum absolute atomic E-state index is 0.130. The summed E-state index contributed by atoms with van der Waals surface area (Å²) in [5.41, 5.74) is 11.3. The molecule has 0 heterocycles. The number of benzene rings is 1. The van der Waals surface area contributed by atoms with Crippen LogP contribution >= 0.6 is 0 Å². The number of nitrogens with two attached hydrogens (primary N) is 2. The van der Waals surface area contributed by atoms with Crippen LogP contribution in [0, 0.1) is 12.3 Å². The van der Waals surface area contributed by atoms with E-state index in [0.717, 1.165) is 0 Å². The highest BCUT2D eigenvalue weighted by molar-refractivity contribution is 6.04. The molecule has 2 amide bonds. The Morgan fingerprint density at radius 1 is 1.41 bits per heavy atom. The van der Waals surface area contributed by atoms with E-state index in [1.165, 1.54) is 6.07 Å². The average molecular weight is 231 g/mol. The Bertz CT molecular complexity index is 477. The monoisotopic (exact) mass is 231 g/mol. The molecule has 0 radical (unpaired) electrons. The molecule has 88 valence electrons. The molecule has 17 heavy (non-hydrogen) atoms. The Balaban J connectivity index is 2.85. The lowest BCUT2D eigenvalue weighted by Crippen LogP contribution is -2.35. The van der Waals surface area contributed by atoms with Crippen molar-refractivity contribution in [1.82, 2.24) is 0 Å². The van der Waals surface area contributed by atoms with E-state index >= 15 is 0 Å². The van der Waals surface area contributed by atoms with Gasteiger partial charge in [0, 0.05) is 6.42 Å². The number of amides is 2. The number of hydrogen-bond acceptors (Lipinski definition) is 3. The van der Waals surface area contributed by atoms with Crippen molar-refractivity contribution in [2.24, 2.45) is 11.5 Å². The van der Waals surface area contributed by atoms with Gasteiger partial charge >= 0.3 is 0 Å². The van der Waals surface area contributed by atoms with E-state index in [-0.39, 0.29) is 12.0 Å². The molecule has 0 saturated heterocycles. The number of para-hydroxylation sites is 1. The Hall–Kier alpha value is -2.32. The van der Waals surface area contributed by atoms with E-state index in [2.05, 4.69) is 11.2 Å². The van der Waals surface area contributed by atoms with Crippen molar-refractivity contribution in [2.45, 2.75) is 12.5 Å². The summed E-state index contributed by atoms with van der Waals surface area (Å²) < 4.78 is 0. The van der Waals surface area contributed by atoms with E-state index in [0.29, 0.717) is 5.69 Å². The third-order valence-corrected chi connectivity index (χ3v) is 2.12. The first-order valence-corrected chi connectivity index (χ1v) is 4.95. The van der Waals surface area contributed by atoms with Crippen molar-refractivity contribution in [3.63, 3.8) is 0 Å². The molecular formula is C12H13N3O2. The summed E-state index contributed by atoms with van der Waals surface area (Å²) in [6.45, 7) is 0. The molecule has 0 fully saturated rings. The number of nitrogens with one attached hydrogen (secondary N) is 1. The van der Waals surface area contributed by atoms with E-state index in [9.17, 15) is 9.59 Å². The quantitative estimate of drug-likeness (QED) is 0.640. The second-order valence-electron chi connectivity index (χ2n) is 3.41. The zero-order chi connectivity index (χ0) is 12.8. The summed E-state index contributed by atoms with van der Waals surface area (Å²) in [6.07, 6.45) is 5.18. The summed E-state index contributed by atoms with van der Waals surface area (Å²) >= 11 is 0. The van der Waals surface area contributed by atoms with Crippen LogP contribution in [0.4, 0.5) is 5.69 Å². The van der Waals surface area contributed by atoms with Crippen molar-refractivity contribution in [1.29, 1.82) is 0 Å². The molecule has 0 aliphatic heterocycles. The van der Waals surface area contributed by atoms with E-state index in [1.807, 2.05) is 0 Å². The van der Waals surface area contributed by atoms with Crippen LogP contribution in [0.15, 0.2) is 24.3 Å². The summed E-state index contributed by atoms with van der Waals surface area (Å²) in [7, 11) is 0. The second kappa shape index (κ2) is 5.68. The van der Waals surface area contributed by atoms with Crippen LogP contribution in [-0.4, -0.2) is 17.9 Å². The van der Waals surface area contributed by atoms with Crippen LogP contribution in [0.5, 0.6) is 0 Å². The van der Waals surface area contributed by atoms with E-state index in [1.54, 1.807) is 18.2 Å². The zero-order valence-electron chi connectivity index (χ0n) is 9.14. The smallest absolute Gasteiger partial charge is 0.250 e. The minimum atomic E-state index is -0.805. The van der Waals surface area contributed by atoms with Gasteiger partial charge in [-0.05, 0) is 12.1 Å². The van der Waals surface area contributed by atoms with Crippen molar-refractivity contribution in [3.8, 4) is 12.3 Å². The first-order chi connectivity index (χ1) is 8.06. The van der Waals surface area contributed by atoms with Gasteiger partial charge in [-0.15, -0.1) is 12.3 Å². The number of carbonyl (C=O) groups excluding carboxylic acids is 2. The molecule has 5 N–H and O–H groups in total. The first-order valence-electron chi connectivity index (χ1n) is 4.95. The third kappa shape index (κ3) is 3.33. The largest absolute Gasteiger partial charge is 0.366 e. The normalized spacial score (nSPS) is 11.3. The van der Waals surface area contributed by atoms with E-state index < -0.39 is 17.9 Å². The van der Waals surface area contributed by atoms with Gasteiger partial charge in [0.15, 0.2) is 0 Å². The van der Waals surface area contributed by atoms with Crippen LogP contribution in [0.25, 0.3) is 0 Å². The maximum atomic E-state index is 11.6. The third-order valence-electron chi connectivity index (χ3n) is 2.12. The highest BCUT2D eigenvalue weighted by Crippen LogP contribution is 2.14. The van der Waals surface area contributed by atoms with E-state index in [4.69, 9.17) is 17.9 Å². The first kappa shape index (κ1) is 12.7. The average Bonchev–Trinajstić information content (AvgIpc) is 2.29. The predicted molar refractivity (Wildman–Crippen MR) is 65.0 cm³/mol. The Labute approximate surface area is 99.2 Å². The molecule has 1 aromatic rings. The SMILES string of the molecule is C#CCC(N)C(=O)Nc1ccccc1C(N)=O. The number of terminal acetylenes is 1. The number of rotatable bonds is 4. The molecule has 0 spiro atoms. The van der Waals surface area contributed by atoms with Gasteiger partial charge in [-0.2, -0.15) is 0 Å². The maximum Gasteiger partial charge on any atom is 0.250 e. The van der Waals surface area contributed by atoms with Gasteiger partial charge in [-0.25, -0.2) is 0 Å². The fourth-order valence-electron chi connectivity index (χ4n) is 1.25. The maximum absolute atomic E-state index is 11.6. The standard InChI is InChI=1S/C12H13N3O2/c1-2-5-9(13)12(17)15-10-7-4-3-6-8(10)11(14)16/h1,3-4,6-7,9H,5,13H2,(H2,14,16)(H,15,17). The number of primary amides is 1. The van der Waals surface area contributed by atoms with Crippen molar-refractivity contribution in [3.05, 3.63) is 29.8 Å². The summed E-state index contributed by atoms with van der Waals surface area (Å²) in [6, 6.07) is 5.61. The molecule has 0 aromatic heterocycles. The molecule has 0 bridgehead atoms. The lowest BCUT2D eigenvalue weighted by molar-refractivity contribution is -0.117. The van der Waals surface area contributed by atoms with Gasteiger partial charge in [0.2, 0.25) is 5.91 Å². The van der Waals surface area contributed by atoms with Crippen molar-refractivity contribution < 1.29 is 9.59 Å². The van der Waals surface area contributed by atoms with Crippen LogP contribution in [0.3, 0.4) is 0 Å². The number of hydrogen-bond donors (Lipinski definition) is 3. The Morgan fingerprint density at radius 3 is 2.65 bits per heavy atom. The van der Waals surface area contributed by atoms with Crippen LogP contribution in [-0.2, 0) is 4.79 Å². The van der Waals surface area contributed by atoms with Gasteiger partial charge in [0.1, 0.15) is 0 Å². The summed E-state index contributed by atoms with van der Waals surface area (Å²) in [5.74, 6) is 1.23. The molecule has 0 aliphatic rings. The molecule has 0 aliphatic carbocycles. The summed E-state index contributed by atoms with van der Waals surface area (Å²) in [5, 5.41) is 2.52. The fraction of sp³-hybridized carbons (Fsp3) is 0.167. The van der Waals surface area contributed by atoms with Gasteiger partial charge in [0.05, 0.1) is 17.3 Å². The molecule has 1 atom stereocenters. The molecule has 1 rings (SSSR count). The predicted octanol–water partition coefficient (Wildman–Crippen LogP) is 0.0746. The molecule has 5 heteroatoms. The topological polar surface area (TPSA) is 98.2 Å². The lowest BCUT2D eigenvalue weighted by Gasteiger charge is -2.11. The molecule has 5 nitrogen and oxygen atoms in total. The fourth-order valence-corrected chi connectivity index (χ4v) is 1.25. The van der Waals surface area contributed by atoms with Gasteiger partial charge in [-0.1, -0.05) is 12.1 Å². The Morgan fingerprint density at radius 2 is 2.06 bits per heavy atom. The highest BCUT2D eigenvalue weighted by Gasteiger charge is 2.15. The van der Waals surface area contributed by atoms with Gasteiger partial charge in [-0.3, -0.25) is 9.59 Å². The van der Waals surface area contributed by atoms with Gasteiger partial charge < -0.3 is 16.8 Å².